The van der Waals surface area contributed by atoms with Gasteiger partial charge in [-0.2, -0.15) is 0 Å². The summed E-state index contributed by atoms with van der Waals surface area (Å²) in [4.78, 5) is 8.43. The van der Waals surface area contributed by atoms with Crippen molar-refractivity contribution in [2.24, 2.45) is 10.9 Å². The lowest BCUT2D eigenvalue weighted by molar-refractivity contribution is 0.415. The first-order valence-corrected chi connectivity index (χ1v) is 8.57. The zero-order valence-electron chi connectivity index (χ0n) is 13.3. The van der Waals surface area contributed by atoms with Crippen molar-refractivity contribution in [1.82, 2.24) is 4.98 Å². The highest BCUT2D eigenvalue weighted by Crippen LogP contribution is 2.32. The van der Waals surface area contributed by atoms with Gasteiger partial charge in [0.25, 0.3) is 0 Å². The molecule has 0 atom stereocenters. The van der Waals surface area contributed by atoms with E-state index in [-0.39, 0.29) is 0 Å². The molecule has 3 nitrogen and oxygen atoms in total. The van der Waals surface area contributed by atoms with Crippen LogP contribution in [0.2, 0.25) is 0 Å². The van der Waals surface area contributed by atoms with Crippen LogP contribution in [0.3, 0.4) is 0 Å². The zero-order valence-corrected chi connectivity index (χ0v) is 13.3. The maximum absolute atomic E-state index is 5.35. The number of aliphatic imine (C=N–C) groups is 1. The Kier molecular flexibility index (Phi) is 3.65. The van der Waals surface area contributed by atoms with Crippen LogP contribution in [0.15, 0.2) is 23.2 Å². The molecule has 1 saturated carbocycles. The van der Waals surface area contributed by atoms with Crippen LogP contribution in [0, 0.1) is 5.92 Å². The molecule has 1 N–H and O–H groups in total. The van der Waals surface area contributed by atoms with Crippen molar-refractivity contribution in [2.45, 2.75) is 44.9 Å². The van der Waals surface area contributed by atoms with Crippen molar-refractivity contribution in [3.63, 3.8) is 0 Å². The van der Waals surface area contributed by atoms with E-state index in [2.05, 4.69) is 23.2 Å². The van der Waals surface area contributed by atoms with E-state index < -0.39 is 0 Å². The third-order valence-corrected chi connectivity index (χ3v) is 5.33. The molecule has 1 aliphatic heterocycles. The largest absolute Gasteiger partial charge is 0.497 e. The molecule has 1 aliphatic carbocycles. The first kappa shape index (κ1) is 13.9. The second-order valence-corrected chi connectivity index (χ2v) is 6.66. The number of rotatable bonds is 4. The lowest BCUT2D eigenvalue weighted by atomic mass is 9.95. The minimum atomic E-state index is 0.913. The fourth-order valence-corrected chi connectivity index (χ4v) is 4.09. The Hall–Kier alpha value is -1.77. The van der Waals surface area contributed by atoms with Gasteiger partial charge in [-0.3, -0.25) is 4.99 Å². The number of aromatic nitrogens is 1. The highest BCUT2D eigenvalue weighted by Gasteiger charge is 2.21. The average molecular weight is 296 g/mol. The molecule has 0 amide bonds. The van der Waals surface area contributed by atoms with Crippen molar-refractivity contribution in [3.8, 4) is 5.75 Å². The summed E-state index contributed by atoms with van der Waals surface area (Å²) in [6.07, 6.45) is 9.17. The average Bonchev–Trinajstić information content (AvgIpc) is 3.19. The quantitative estimate of drug-likeness (QED) is 0.886. The predicted molar refractivity (Wildman–Crippen MR) is 91.2 cm³/mol. The summed E-state index contributed by atoms with van der Waals surface area (Å²) >= 11 is 0. The number of H-pyrrole nitrogens is 1. The number of benzene rings is 1. The number of hydrogen-bond acceptors (Lipinski definition) is 2. The minimum absolute atomic E-state index is 0.913. The predicted octanol–water partition coefficient (Wildman–Crippen LogP) is 4.49. The molecular weight excluding hydrogens is 272 g/mol. The monoisotopic (exact) mass is 296 g/mol. The molecule has 0 saturated heterocycles. The van der Waals surface area contributed by atoms with Gasteiger partial charge in [-0.25, -0.2) is 0 Å². The van der Waals surface area contributed by atoms with Crippen molar-refractivity contribution in [3.05, 3.63) is 29.5 Å². The molecule has 2 aromatic rings. The third kappa shape index (κ3) is 2.43. The molecular formula is C19H24N2O. The normalized spacial score (nSPS) is 18.5. The number of ether oxygens (including phenoxy) is 1. The Morgan fingerprint density at radius 2 is 2.14 bits per heavy atom. The minimum Gasteiger partial charge on any atom is -0.497 e. The zero-order chi connectivity index (χ0) is 14.9. The van der Waals surface area contributed by atoms with Gasteiger partial charge in [0.1, 0.15) is 5.75 Å². The molecule has 2 aliphatic rings. The van der Waals surface area contributed by atoms with Crippen LogP contribution in [-0.2, 0) is 6.42 Å². The number of nitrogens with one attached hydrogen (secondary N) is 1. The molecule has 1 fully saturated rings. The topological polar surface area (TPSA) is 37.4 Å². The molecule has 0 bridgehead atoms. The van der Waals surface area contributed by atoms with Crippen molar-refractivity contribution < 1.29 is 4.74 Å². The van der Waals surface area contributed by atoms with Gasteiger partial charge < -0.3 is 9.72 Å². The Morgan fingerprint density at radius 3 is 2.95 bits per heavy atom. The lowest BCUT2D eigenvalue weighted by Crippen LogP contribution is -2.13. The number of methoxy groups -OCH3 is 1. The Labute approximate surface area is 131 Å². The molecule has 1 aromatic heterocycles. The van der Waals surface area contributed by atoms with E-state index in [1.807, 2.05) is 0 Å². The van der Waals surface area contributed by atoms with Crippen molar-refractivity contribution >= 4 is 16.6 Å². The van der Waals surface area contributed by atoms with Crippen molar-refractivity contribution in [2.75, 3.05) is 13.7 Å². The van der Waals surface area contributed by atoms with E-state index in [9.17, 15) is 0 Å². The molecule has 0 radical (unpaired) electrons. The fourth-order valence-electron chi connectivity index (χ4n) is 4.09. The first-order valence-electron chi connectivity index (χ1n) is 8.57. The number of fused-ring (bicyclic) bond motifs is 3. The van der Waals surface area contributed by atoms with Crippen LogP contribution < -0.4 is 4.74 Å². The smallest absolute Gasteiger partial charge is 0.120 e. The summed E-state index contributed by atoms with van der Waals surface area (Å²) < 4.78 is 5.35. The SMILES string of the molecule is COc1ccc2c3c([nH]c2c1)C(CCC1CCCC1)=NCC3. The number of nitrogens with zero attached hydrogens (tertiary/aromatic N) is 1. The molecule has 22 heavy (non-hydrogen) atoms. The van der Waals surface area contributed by atoms with Crippen LogP contribution in [0.1, 0.15) is 49.8 Å². The van der Waals surface area contributed by atoms with E-state index >= 15 is 0 Å². The summed E-state index contributed by atoms with van der Waals surface area (Å²) in [6, 6.07) is 6.34. The van der Waals surface area contributed by atoms with E-state index in [1.54, 1.807) is 7.11 Å². The summed E-state index contributed by atoms with van der Waals surface area (Å²) in [7, 11) is 1.72. The van der Waals surface area contributed by atoms with E-state index in [1.165, 1.54) is 60.0 Å². The molecule has 116 valence electrons. The van der Waals surface area contributed by atoms with E-state index in [0.717, 1.165) is 31.1 Å². The van der Waals surface area contributed by atoms with E-state index in [0.29, 0.717) is 0 Å². The van der Waals surface area contributed by atoms with Gasteiger partial charge in [0, 0.05) is 23.5 Å². The Balaban J connectivity index is 1.62. The fraction of sp³-hybridized carbons (Fsp3) is 0.526. The Bertz CT molecular complexity index is 708. The summed E-state index contributed by atoms with van der Waals surface area (Å²) in [5, 5.41) is 1.34. The number of aromatic amines is 1. The van der Waals surface area contributed by atoms with Gasteiger partial charge in [-0.1, -0.05) is 25.7 Å². The van der Waals surface area contributed by atoms with Gasteiger partial charge in [0.2, 0.25) is 0 Å². The van der Waals surface area contributed by atoms with Gasteiger partial charge in [0.15, 0.2) is 0 Å². The van der Waals surface area contributed by atoms with Gasteiger partial charge in [-0.05, 0) is 42.9 Å². The number of hydrogen-bond donors (Lipinski definition) is 1. The summed E-state index contributed by atoms with van der Waals surface area (Å²) in [6.45, 7) is 0.936. The van der Waals surface area contributed by atoms with Crippen LogP contribution in [0.4, 0.5) is 0 Å². The van der Waals surface area contributed by atoms with Crippen LogP contribution >= 0.6 is 0 Å². The summed E-state index contributed by atoms with van der Waals surface area (Å²) in [5.41, 5.74) is 5.21. The molecule has 3 heteroatoms. The molecule has 2 heterocycles. The maximum atomic E-state index is 5.35. The molecule has 0 spiro atoms. The second-order valence-electron chi connectivity index (χ2n) is 6.66. The Morgan fingerprint density at radius 1 is 1.27 bits per heavy atom. The second kappa shape index (κ2) is 5.79. The summed E-state index contributed by atoms with van der Waals surface area (Å²) in [5.74, 6) is 1.84. The lowest BCUT2D eigenvalue weighted by Gasteiger charge is -2.15. The van der Waals surface area contributed by atoms with Gasteiger partial charge in [-0.15, -0.1) is 0 Å². The third-order valence-electron chi connectivity index (χ3n) is 5.33. The molecule has 0 unspecified atom stereocenters. The van der Waals surface area contributed by atoms with Crippen LogP contribution in [0.5, 0.6) is 5.75 Å². The van der Waals surface area contributed by atoms with Gasteiger partial charge in [0.05, 0.1) is 18.5 Å². The van der Waals surface area contributed by atoms with E-state index in [4.69, 9.17) is 9.73 Å². The maximum Gasteiger partial charge on any atom is 0.120 e. The van der Waals surface area contributed by atoms with Crippen LogP contribution in [-0.4, -0.2) is 24.4 Å². The highest BCUT2D eigenvalue weighted by atomic mass is 16.5. The standard InChI is InChI=1S/C19H24N2O/c1-22-14-7-8-15-16-10-11-20-17(19(16)21-18(15)12-14)9-6-13-4-2-3-5-13/h7-8,12-13,21H,2-6,9-11H2,1H3. The van der Waals surface area contributed by atoms with Gasteiger partial charge >= 0.3 is 0 Å². The molecule has 4 rings (SSSR count). The highest BCUT2D eigenvalue weighted by molar-refractivity contribution is 6.06. The first-order chi connectivity index (χ1) is 10.8. The van der Waals surface area contributed by atoms with Crippen molar-refractivity contribution in [1.29, 1.82) is 0 Å². The molecule has 1 aromatic carbocycles. The van der Waals surface area contributed by atoms with Crippen LogP contribution in [0.25, 0.3) is 10.9 Å².